The van der Waals surface area contributed by atoms with Crippen molar-refractivity contribution >= 4 is 5.65 Å². The van der Waals surface area contributed by atoms with Crippen molar-refractivity contribution in [3.05, 3.63) is 54.0 Å². The first-order chi connectivity index (χ1) is 16.1. The summed E-state index contributed by atoms with van der Waals surface area (Å²) >= 11 is 0. The molecule has 0 unspecified atom stereocenters. The summed E-state index contributed by atoms with van der Waals surface area (Å²) in [6.07, 6.45) is 5.99. The van der Waals surface area contributed by atoms with Crippen LogP contribution in [-0.2, 0) is 0 Å². The molecule has 7 heteroatoms. The molecule has 3 aromatic heterocycles. The van der Waals surface area contributed by atoms with E-state index in [4.69, 9.17) is 9.84 Å². The van der Waals surface area contributed by atoms with Gasteiger partial charge < -0.3 is 9.64 Å². The maximum atomic E-state index is 5.56. The minimum Gasteiger partial charge on any atom is -0.493 e. The van der Waals surface area contributed by atoms with Crippen LogP contribution in [0.2, 0.25) is 0 Å². The third-order valence-corrected chi connectivity index (χ3v) is 6.92. The zero-order chi connectivity index (χ0) is 22.9. The van der Waals surface area contributed by atoms with Gasteiger partial charge in [-0.2, -0.15) is 10.2 Å². The molecule has 7 nitrogen and oxygen atoms in total. The van der Waals surface area contributed by atoms with Crippen LogP contribution < -0.4 is 4.74 Å². The van der Waals surface area contributed by atoms with Crippen LogP contribution in [0.15, 0.2) is 42.9 Å². The van der Waals surface area contributed by atoms with E-state index in [9.17, 15) is 0 Å². The number of hydrogen-bond donors (Lipinski definition) is 1. The molecule has 1 N–H and O–H groups in total. The number of likely N-dealkylation sites (tertiary alicyclic amines) is 1. The second-order valence-corrected chi connectivity index (χ2v) is 9.17. The lowest BCUT2D eigenvalue weighted by Gasteiger charge is -2.31. The minimum atomic E-state index is 0.296. The third kappa shape index (κ3) is 4.02. The van der Waals surface area contributed by atoms with Gasteiger partial charge in [-0.25, -0.2) is 9.50 Å². The summed E-state index contributed by atoms with van der Waals surface area (Å²) in [6, 6.07) is 11.1. The van der Waals surface area contributed by atoms with Crippen LogP contribution in [0.1, 0.15) is 56.6 Å². The lowest BCUT2D eigenvalue weighted by molar-refractivity contribution is 0.222. The quantitative estimate of drug-likeness (QED) is 0.447. The summed E-state index contributed by atoms with van der Waals surface area (Å²) in [4.78, 5) is 6.83. The molecule has 0 radical (unpaired) electrons. The van der Waals surface area contributed by atoms with Gasteiger partial charge in [0.1, 0.15) is 6.33 Å². The zero-order valence-electron chi connectivity index (χ0n) is 19.9. The van der Waals surface area contributed by atoms with Gasteiger partial charge in [-0.15, -0.1) is 0 Å². The Morgan fingerprint density at radius 2 is 1.88 bits per heavy atom. The minimum absolute atomic E-state index is 0.296. The summed E-state index contributed by atoms with van der Waals surface area (Å²) in [5.74, 6) is 1.64. The lowest BCUT2D eigenvalue weighted by atomic mass is 9.88. The molecule has 0 spiro atoms. The Bertz CT molecular complexity index is 1230. The van der Waals surface area contributed by atoms with Gasteiger partial charge in [0.15, 0.2) is 11.4 Å². The van der Waals surface area contributed by atoms with Gasteiger partial charge in [-0.05, 0) is 55.9 Å². The van der Waals surface area contributed by atoms with Gasteiger partial charge in [0.25, 0.3) is 0 Å². The van der Waals surface area contributed by atoms with E-state index in [1.807, 2.05) is 12.3 Å². The fourth-order valence-corrected chi connectivity index (χ4v) is 5.03. The average Bonchev–Trinajstić information content (AvgIpc) is 3.51. The Morgan fingerprint density at radius 3 is 2.55 bits per heavy atom. The third-order valence-electron chi connectivity index (χ3n) is 6.92. The van der Waals surface area contributed by atoms with Crippen LogP contribution in [0, 0.1) is 0 Å². The normalized spacial score (nSPS) is 15.5. The van der Waals surface area contributed by atoms with Crippen molar-refractivity contribution in [3.63, 3.8) is 0 Å². The highest BCUT2D eigenvalue weighted by molar-refractivity contribution is 5.76. The summed E-state index contributed by atoms with van der Waals surface area (Å²) in [5.41, 5.74) is 7.46. The first-order valence-electron chi connectivity index (χ1n) is 11.9. The number of nitrogens with zero attached hydrogens (tertiary/aromatic N) is 5. The van der Waals surface area contributed by atoms with Crippen LogP contribution in [0.4, 0.5) is 0 Å². The number of pyridine rings is 1. The Labute approximate surface area is 194 Å². The number of benzene rings is 1. The van der Waals surface area contributed by atoms with E-state index in [2.05, 4.69) is 65.1 Å². The summed E-state index contributed by atoms with van der Waals surface area (Å²) in [5, 5.41) is 12.4. The van der Waals surface area contributed by atoms with E-state index in [1.165, 1.54) is 43.4 Å². The molecule has 33 heavy (non-hydrogen) atoms. The van der Waals surface area contributed by atoms with Gasteiger partial charge in [0, 0.05) is 22.9 Å². The molecule has 5 rings (SSSR count). The van der Waals surface area contributed by atoms with Crippen molar-refractivity contribution in [2.24, 2.45) is 0 Å². The Morgan fingerprint density at radius 1 is 1.12 bits per heavy atom. The van der Waals surface area contributed by atoms with Crippen LogP contribution in [-0.4, -0.2) is 56.4 Å². The molecule has 1 aromatic carbocycles. The Hall–Kier alpha value is -3.19. The second-order valence-electron chi connectivity index (χ2n) is 9.17. The van der Waals surface area contributed by atoms with E-state index in [0.717, 1.165) is 29.1 Å². The van der Waals surface area contributed by atoms with Gasteiger partial charge in [-0.3, -0.25) is 5.10 Å². The highest BCUT2D eigenvalue weighted by atomic mass is 16.5. The van der Waals surface area contributed by atoms with Gasteiger partial charge in [0.05, 0.1) is 18.5 Å². The molecular weight excluding hydrogens is 412 g/mol. The van der Waals surface area contributed by atoms with E-state index >= 15 is 0 Å². The average molecular weight is 445 g/mol. The van der Waals surface area contributed by atoms with Crippen LogP contribution >= 0.6 is 0 Å². The van der Waals surface area contributed by atoms with E-state index in [1.54, 1.807) is 11.6 Å². The number of H-pyrrole nitrogens is 1. The number of piperidine rings is 1. The van der Waals surface area contributed by atoms with Gasteiger partial charge in [-0.1, -0.05) is 45.0 Å². The first kappa shape index (κ1) is 21.6. The highest BCUT2D eigenvalue weighted by Gasteiger charge is 2.22. The summed E-state index contributed by atoms with van der Waals surface area (Å²) < 4.78 is 7.31. The Balaban J connectivity index is 1.48. The van der Waals surface area contributed by atoms with Crippen molar-refractivity contribution in [1.29, 1.82) is 0 Å². The summed E-state index contributed by atoms with van der Waals surface area (Å²) in [7, 11) is 1.66. The van der Waals surface area contributed by atoms with Crippen molar-refractivity contribution < 1.29 is 4.74 Å². The molecule has 0 saturated carbocycles. The molecule has 1 aliphatic rings. The lowest BCUT2D eigenvalue weighted by Crippen LogP contribution is -2.32. The molecule has 1 fully saturated rings. The van der Waals surface area contributed by atoms with Crippen molar-refractivity contribution in [1.82, 2.24) is 29.7 Å². The zero-order valence-corrected chi connectivity index (χ0v) is 19.9. The molecule has 0 atom stereocenters. The molecule has 1 aliphatic heterocycles. The number of fused-ring (bicyclic) bond motifs is 1. The van der Waals surface area contributed by atoms with Crippen LogP contribution in [0.25, 0.3) is 28.2 Å². The van der Waals surface area contributed by atoms with Gasteiger partial charge in [0.2, 0.25) is 0 Å². The van der Waals surface area contributed by atoms with E-state index < -0.39 is 0 Å². The standard InChI is InChI=1S/C26H32N6O/c1-5-31-12-10-19(11-13-31)18-6-8-20(9-7-18)24-23(17(2)3)25(30-29-24)21-14-22(33-4)26-27-16-28-32(26)15-21/h6-9,14-17,19H,5,10-13H2,1-4H3,(H,29,30). The van der Waals surface area contributed by atoms with Crippen LogP contribution in [0.3, 0.4) is 0 Å². The fraction of sp³-hybridized carbons (Fsp3) is 0.423. The largest absolute Gasteiger partial charge is 0.493 e. The monoisotopic (exact) mass is 444 g/mol. The number of nitrogens with one attached hydrogen (secondary N) is 1. The fourth-order valence-electron chi connectivity index (χ4n) is 5.03. The van der Waals surface area contributed by atoms with Crippen molar-refractivity contribution in [3.8, 4) is 28.3 Å². The predicted octanol–water partition coefficient (Wildman–Crippen LogP) is 5.12. The number of aromatic amines is 1. The van der Waals surface area contributed by atoms with Crippen LogP contribution in [0.5, 0.6) is 5.75 Å². The van der Waals surface area contributed by atoms with E-state index in [-0.39, 0.29) is 0 Å². The maximum absolute atomic E-state index is 5.56. The predicted molar refractivity (Wildman–Crippen MR) is 131 cm³/mol. The molecule has 1 saturated heterocycles. The summed E-state index contributed by atoms with van der Waals surface area (Å²) in [6.45, 7) is 10.2. The second kappa shape index (κ2) is 8.98. The molecule has 4 heterocycles. The number of methoxy groups -OCH3 is 1. The molecule has 172 valence electrons. The molecule has 0 bridgehead atoms. The maximum Gasteiger partial charge on any atom is 0.197 e. The van der Waals surface area contributed by atoms with Crippen molar-refractivity contribution in [2.75, 3.05) is 26.7 Å². The number of aromatic nitrogens is 5. The SMILES string of the molecule is CCN1CCC(c2ccc(-c3n[nH]c(-c4cc(OC)c5ncnn5c4)c3C(C)C)cc2)CC1. The number of ether oxygens (including phenoxy) is 1. The molecule has 0 amide bonds. The topological polar surface area (TPSA) is 71.3 Å². The highest BCUT2D eigenvalue weighted by Crippen LogP contribution is 2.37. The first-order valence-corrected chi connectivity index (χ1v) is 11.9. The smallest absolute Gasteiger partial charge is 0.197 e. The number of rotatable bonds is 6. The molecular formula is C26H32N6O. The Kier molecular flexibility index (Phi) is 5.89. The van der Waals surface area contributed by atoms with E-state index in [0.29, 0.717) is 23.2 Å². The molecule has 0 aliphatic carbocycles. The van der Waals surface area contributed by atoms with Gasteiger partial charge >= 0.3 is 0 Å². The molecule has 4 aromatic rings. The van der Waals surface area contributed by atoms with Crippen molar-refractivity contribution in [2.45, 2.75) is 45.4 Å². The number of hydrogen-bond acceptors (Lipinski definition) is 5.